The Morgan fingerprint density at radius 3 is 0.988 bits per heavy atom. The van der Waals surface area contributed by atoms with Gasteiger partial charge in [0.1, 0.15) is 19.8 Å². The van der Waals surface area contributed by atoms with Crippen LogP contribution < -0.4 is 4.89 Å². The summed E-state index contributed by atoms with van der Waals surface area (Å²) in [5.74, 6) is -0.847. The summed E-state index contributed by atoms with van der Waals surface area (Å²) in [6, 6.07) is 0. The minimum absolute atomic E-state index is 0.0377. The SMILES string of the molecule is CC/C=C\C/C=C\C/C=C\C/C=C\C/C=C\C/C=C\C/C=C\C/C=C\CCCCCCCCCCCCCCCCCCC(=O)OC(COC(=O)CCCCCCCC/C=C\C/C=C\C/C=C\CCCCCCC)COP(=O)([O-])OCC[N+](C)(C)C. The second kappa shape index (κ2) is 65.6. The van der Waals surface area contributed by atoms with Crippen molar-refractivity contribution in [1.82, 2.24) is 0 Å². The number of hydrogen-bond acceptors (Lipinski definition) is 8. The van der Waals surface area contributed by atoms with E-state index in [0.717, 1.165) is 116 Å². The van der Waals surface area contributed by atoms with Gasteiger partial charge < -0.3 is 27.9 Å². The molecule has 2 unspecified atom stereocenters. The third-order valence-electron chi connectivity index (χ3n) is 14.7. The molecule has 0 heterocycles. The molecule has 0 rings (SSSR count). The number of rotatable bonds is 63. The first-order chi connectivity index (χ1) is 42.0. The first kappa shape index (κ1) is 82.1. The first-order valence-corrected chi connectivity index (χ1v) is 36.4. The van der Waals surface area contributed by atoms with Gasteiger partial charge in [0.2, 0.25) is 0 Å². The van der Waals surface area contributed by atoms with E-state index in [1.54, 1.807) is 0 Å². The van der Waals surface area contributed by atoms with Crippen LogP contribution in [-0.4, -0.2) is 70.0 Å². The van der Waals surface area contributed by atoms with Crippen molar-refractivity contribution >= 4 is 19.8 Å². The van der Waals surface area contributed by atoms with Crippen molar-refractivity contribution in [3.63, 3.8) is 0 Å². The molecule has 0 saturated heterocycles. The molecular formula is C76H130NO8P. The van der Waals surface area contributed by atoms with Gasteiger partial charge in [-0.2, -0.15) is 0 Å². The van der Waals surface area contributed by atoms with E-state index in [-0.39, 0.29) is 26.1 Å². The highest BCUT2D eigenvalue weighted by Crippen LogP contribution is 2.38. The van der Waals surface area contributed by atoms with Crippen LogP contribution in [0.25, 0.3) is 0 Å². The second-order valence-corrected chi connectivity index (χ2v) is 25.6. The molecule has 10 heteroatoms. The van der Waals surface area contributed by atoms with Gasteiger partial charge in [-0.05, 0) is 116 Å². The molecule has 0 radical (unpaired) electrons. The highest BCUT2D eigenvalue weighted by Gasteiger charge is 2.22. The van der Waals surface area contributed by atoms with Crippen molar-refractivity contribution in [2.45, 2.75) is 290 Å². The minimum atomic E-state index is -4.65. The van der Waals surface area contributed by atoms with Crippen LogP contribution in [0.4, 0.5) is 0 Å². The molecule has 0 saturated carbocycles. The largest absolute Gasteiger partial charge is 0.756 e. The van der Waals surface area contributed by atoms with Crippen molar-refractivity contribution in [2.24, 2.45) is 0 Å². The normalized spacial score (nSPS) is 14.0. The van der Waals surface area contributed by atoms with Gasteiger partial charge in [0, 0.05) is 12.8 Å². The molecule has 0 aliphatic rings. The number of ether oxygens (including phenoxy) is 2. The topological polar surface area (TPSA) is 111 Å². The Labute approximate surface area is 530 Å². The van der Waals surface area contributed by atoms with Crippen molar-refractivity contribution in [2.75, 3.05) is 47.5 Å². The molecule has 0 fully saturated rings. The van der Waals surface area contributed by atoms with Crippen LogP contribution in [0.15, 0.2) is 134 Å². The van der Waals surface area contributed by atoms with Crippen LogP contribution in [0, 0.1) is 0 Å². The maximum atomic E-state index is 12.9. The lowest BCUT2D eigenvalue weighted by atomic mass is 10.0. The van der Waals surface area contributed by atoms with Gasteiger partial charge >= 0.3 is 11.9 Å². The number of carbonyl (C=O) groups excluding carboxylic acids is 2. The van der Waals surface area contributed by atoms with Gasteiger partial charge in [-0.15, -0.1) is 0 Å². The van der Waals surface area contributed by atoms with Crippen LogP contribution in [-0.2, 0) is 32.7 Å². The van der Waals surface area contributed by atoms with Gasteiger partial charge in [-0.3, -0.25) is 14.2 Å². The summed E-state index contributed by atoms with van der Waals surface area (Å²) < 4.78 is 34.3. The summed E-state index contributed by atoms with van der Waals surface area (Å²) in [5, 5.41) is 0. The van der Waals surface area contributed by atoms with Gasteiger partial charge in [0.05, 0.1) is 27.7 Å². The molecular weight excluding hydrogens is 1090 g/mol. The van der Waals surface area contributed by atoms with Crippen molar-refractivity contribution in [3.05, 3.63) is 134 Å². The van der Waals surface area contributed by atoms with Crippen LogP contribution >= 0.6 is 7.82 Å². The third kappa shape index (κ3) is 69.3. The molecule has 0 aliphatic carbocycles. The number of quaternary nitrogens is 1. The average Bonchev–Trinajstić information content (AvgIpc) is 3.70. The lowest BCUT2D eigenvalue weighted by Gasteiger charge is -2.28. The van der Waals surface area contributed by atoms with Gasteiger partial charge in [0.15, 0.2) is 6.10 Å². The maximum Gasteiger partial charge on any atom is 0.306 e. The predicted octanol–water partition coefficient (Wildman–Crippen LogP) is 22.2. The van der Waals surface area contributed by atoms with E-state index in [9.17, 15) is 19.0 Å². The summed E-state index contributed by atoms with van der Waals surface area (Å²) in [6.07, 6.45) is 95.3. The van der Waals surface area contributed by atoms with Crippen molar-refractivity contribution < 1.29 is 42.1 Å². The maximum absolute atomic E-state index is 12.9. The highest BCUT2D eigenvalue weighted by molar-refractivity contribution is 7.45. The fourth-order valence-electron chi connectivity index (χ4n) is 9.33. The van der Waals surface area contributed by atoms with E-state index >= 15 is 0 Å². The number of unbranched alkanes of at least 4 members (excludes halogenated alkanes) is 27. The van der Waals surface area contributed by atoms with Gasteiger partial charge in [-0.25, -0.2) is 0 Å². The van der Waals surface area contributed by atoms with Gasteiger partial charge in [0.25, 0.3) is 7.82 Å². The Morgan fingerprint density at radius 2 is 0.663 bits per heavy atom. The fourth-order valence-corrected chi connectivity index (χ4v) is 10.1. The molecule has 492 valence electrons. The van der Waals surface area contributed by atoms with E-state index in [4.69, 9.17) is 18.5 Å². The van der Waals surface area contributed by atoms with E-state index in [1.807, 2.05) is 21.1 Å². The number of esters is 2. The second-order valence-electron chi connectivity index (χ2n) is 24.2. The Hall–Kier alpha value is -3.85. The summed E-state index contributed by atoms with van der Waals surface area (Å²) in [4.78, 5) is 38.0. The zero-order valence-electron chi connectivity index (χ0n) is 56.0. The minimum Gasteiger partial charge on any atom is -0.756 e. The summed E-state index contributed by atoms with van der Waals surface area (Å²) in [5.41, 5.74) is 0. The molecule has 0 N–H and O–H groups in total. The molecule has 0 bridgehead atoms. The zero-order chi connectivity index (χ0) is 62.6. The number of hydrogen-bond donors (Lipinski definition) is 0. The fraction of sp³-hybridized carbons (Fsp3) is 0.684. The Balaban J connectivity index is 4.04. The number of allylic oxidation sites excluding steroid dienone is 22. The van der Waals surface area contributed by atoms with Gasteiger partial charge in [-0.1, -0.05) is 289 Å². The third-order valence-corrected chi connectivity index (χ3v) is 15.6. The molecule has 86 heavy (non-hydrogen) atoms. The summed E-state index contributed by atoms with van der Waals surface area (Å²) in [6.45, 7) is 4.11. The van der Waals surface area contributed by atoms with Crippen LogP contribution in [0.2, 0.25) is 0 Å². The number of phosphoric acid groups is 1. The van der Waals surface area contributed by atoms with Crippen LogP contribution in [0.3, 0.4) is 0 Å². The summed E-state index contributed by atoms with van der Waals surface area (Å²) >= 11 is 0. The molecule has 0 spiro atoms. The summed E-state index contributed by atoms with van der Waals surface area (Å²) in [7, 11) is 1.15. The molecule has 0 aromatic carbocycles. The molecule has 0 aliphatic heterocycles. The quantitative estimate of drug-likeness (QED) is 0.0195. The standard InChI is InChI=1S/C76H130NO8P/c1-6-8-10-12-14-16-18-20-22-24-26-28-29-30-31-32-33-34-35-36-37-38-39-40-41-42-43-44-45-46-47-49-51-53-55-57-59-61-63-65-67-69-76(79)85-74(73-84-86(80,81)83-71-70-77(3,4)5)72-82-75(78)68-66-64-62-60-58-56-54-52-50-48-27-25-23-21-19-17-15-13-11-9-7-2/h8,10,14,16,19-22,25-28,30-31,33-34,36-37,39-40,50,52,74H,6-7,9,11-13,15,17-18,23-24,29,32,35,38,41-49,51,53-73H2,1-5H3/b10-8-,16-14-,21-19-,22-20-,27-25-,28-26-,31-30-,34-33-,37-36-,40-39-,52-50-. The van der Waals surface area contributed by atoms with Crippen LogP contribution in [0.1, 0.15) is 284 Å². The Morgan fingerprint density at radius 1 is 0.372 bits per heavy atom. The molecule has 0 aromatic rings. The molecule has 2 atom stereocenters. The predicted molar refractivity (Wildman–Crippen MR) is 369 cm³/mol. The Kier molecular flexibility index (Phi) is 62.7. The number of phosphoric ester groups is 1. The lowest BCUT2D eigenvalue weighted by Crippen LogP contribution is -2.37. The number of carbonyl (C=O) groups is 2. The Bertz CT molecular complexity index is 1910. The van der Waals surface area contributed by atoms with Crippen molar-refractivity contribution in [1.29, 1.82) is 0 Å². The van der Waals surface area contributed by atoms with E-state index in [2.05, 4.69) is 148 Å². The van der Waals surface area contributed by atoms with E-state index in [0.29, 0.717) is 23.9 Å². The van der Waals surface area contributed by atoms with E-state index in [1.165, 1.54) is 128 Å². The first-order valence-electron chi connectivity index (χ1n) is 34.9. The smallest absolute Gasteiger partial charge is 0.306 e. The highest BCUT2D eigenvalue weighted by atomic mass is 31.2. The molecule has 0 aromatic heterocycles. The zero-order valence-corrected chi connectivity index (χ0v) is 56.9. The molecule has 0 amide bonds. The number of likely N-dealkylation sites (N-methyl/N-ethyl adjacent to an activating group) is 1. The average molecular weight is 1220 g/mol. The van der Waals surface area contributed by atoms with Crippen LogP contribution in [0.5, 0.6) is 0 Å². The van der Waals surface area contributed by atoms with E-state index < -0.39 is 32.5 Å². The number of nitrogens with zero attached hydrogens (tertiary/aromatic N) is 1. The molecule has 9 nitrogen and oxygen atoms in total. The monoisotopic (exact) mass is 1220 g/mol. The van der Waals surface area contributed by atoms with Crippen molar-refractivity contribution in [3.8, 4) is 0 Å². The lowest BCUT2D eigenvalue weighted by molar-refractivity contribution is -0.870.